The lowest BCUT2D eigenvalue weighted by molar-refractivity contribution is 0.431. The molecule has 2 atom stereocenters. The third kappa shape index (κ3) is 1.51. The maximum Gasteiger partial charge on any atom is 0.0999 e. The van der Waals surface area contributed by atoms with Gasteiger partial charge in [-0.2, -0.15) is 0 Å². The Morgan fingerprint density at radius 3 is 3.08 bits per heavy atom. The van der Waals surface area contributed by atoms with Crippen LogP contribution in [0.5, 0.6) is 0 Å². The molecule has 2 unspecified atom stereocenters. The summed E-state index contributed by atoms with van der Waals surface area (Å²) in [5.41, 5.74) is 6.10. The maximum atomic E-state index is 5.89. The molecular weight excluding hydrogens is 180 g/mol. The molecule has 0 amide bonds. The van der Waals surface area contributed by atoms with E-state index in [0.29, 0.717) is 0 Å². The van der Waals surface area contributed by atoms with Gasteiger partial charge in [0.05, 0.1) is 5.01 Å². The van der Waals surface area contributed by atoms with E-state index in [0.717, 1.165) is 12.5 Å². The fourth-order valence-corrected chi connectivity index (χ4v) is 3.24. The maximum absolute atomic E-state index is 5.89. The molecule has 2 rings (SSSR count). The molecular formula is C10H16N2S. The zero-order chi connectivity index (χ0) is 9.31. The molecule has 13 heavy (non-hydrogen) atoms. The Bertz CT molecular complexity index is 270. The second kappa shape index (κ2) is 3.39. The lowest BCUT2D eigenvalue weighted by Gasteiger charge is -2.24. The smallest absolute Gasteiger partial charge is 0.0999 e. The SMILES string of the molecule is CC1CCC(CN)(c2nccs2)C1. The normalized spacial score (nSPS) is 33.8. The van der Waals surface area contributed by atoms with Crippen LogP contribution in [0.3, 0.4) is 0 Å². The molecule has 1 heterocycles. The van der Waals surface area contributed by atoms with E-state index < -0.39 is 0 Å². The Morgan fingerprint density at radius 1 is 1.77 bits per heavy atom. The first-order valence-electron chi connectivity index (χ1n) is 4.87. The Hall–Kier alpha value is -0.410. The molecule has 1 saturated carbocycles. The average molecular weight is 196 g/mol. The van der Waals surface area contributed by atoms with Crippen LogP contribution in [0.25, 0.3) is 0 Å². The van der Waals surface area contributed by atoms with Gasteiger partial charge in [-0.3, -0.25) is 0 Å². The number of thiazole rings is 1. The summed E-state index contributed by atoms with van der Waals surface area (Å²) in [6.45, 7) is 3.07. The fraction of sp³-hybridized carbons (Fsp3) is 0.700. The molecule has 3 heteroatoms. The van der Waals surface area contributed by atoms with Crippen molar-refractivity contribution in [2.45, 2.75) is 31.6 Å². The lowest BCUT2D eigenvalue weighted by Crippen LogP contribution is -2.32. The highest BCUT2D eigenvalue weighted by atomic mass is 32.1. The first-order valence-corrected chi connectivity index (χ1v) is 5.75. The highest BCUT2D eigenvalue weighted by molar-refractivity contribution is 7.09. The second-order valence-electron chi connectivity index (χ2n) is 4.17. The monoisotopic (exact) mass is 196 g/mol. The lowest BCUT2D eigenvalue weighted by atomic mass is 9.86. The summed E-state index contributed by atoms with van der Waals surface area (Å²) in [5.74, 6) is 0.812. The zero-order valence-corrected chi connectivity index (χ0v) is 8.81. The fourth-order valence-electron chi connectivity index (χ4n) is 2.35. The summed E-state index contributed by atoms with van der Waals surface area (Å²) >= 11 is 1.75. The van der Waals surface area contributed by atoms with E-state index in [1.807, 2.05) is 6.20 Å². The van der Waals surface area contributed by atoms with E-state index >= 15 is 0 Å². The minimum absolute atomic E-state index is 0.216. The highest BCUT2D eigenvalue weighted by Gasteiger charge is 2.39. The van der Waals surface area contributed by atoms with Crippen molar-refractivity contribution in [2.75, 3.05) is 6.54 Å². The van der Waals surface area contributed by atoms with Gasteiger partial charge in [-0.05, 0) is 25.2 Å². The number of rotatable bonds is 2. The van der Waals surface area contributed by atoms with Crippen LogP contribution in [0.1, 0.15) is 31.2 Å². The molecule has 0 aliphatic heterocycles. The Morgan fingerprint density at radius 2 is 2.62 bits per heavy atom. The van der Waals surface area contributed by atoms with Gasteiger partial charge in [-0.25, -0.2) is 4.98 Å². The first-order chi connectivity index (χ1) is 6.27. The standard InChI is InChI=1S/C10H16N2S/c1-8-2-3-10(6-8,7-11)9-12-4-5-13-9/h4-5,8H,2-3,6-7,11H2,1H3. The quantitative estimate of drug-likeness (QED) is 0.787. The molecule has 2 nitrogen and oxygen atoms in total. The van der Waals surface area contributed by atoms with Gasteiger partial charge < -0.3 is 5.73 Å². The van der Waals surface area contributed by atoms with Gasteiger partial charge in [0.25, 0.3) is 0 Å². The van der Waals surface area contributed by atoms with E-state index in [2.05, 4.69) is 17.3 Å². The predicted octanol–water partition coefficient (Wildman–Crippen LogP) is 2.16. The summed E-state index contributed by atoms with van der Waals surface area (Å²) in [6.07, 6.45) is 5.63. The van der Waals surface area contributed by atoms with E-state index in [9.17, 15) is 0 Å². The summed E-state index contributed by atoms with van der Waals surface area (Å²) < 4.78 is 0. The first kappa shape index (κ1) is 9.16. The molecule has 1 aliphatic carbocycles. The Balaban J connectivity index is 2.26. The third-order valence-corrected chi connectivity index (χ3v) is 4.15. The predicted molar refractivity (Wildman–Crippen MR) is 55.9 cm³/mol. The van der Waals surface area contributed by atoms with Crippen molar-refractivity contribution in [2.24, 2.45) is 11.7 Å². The van der Waals surface area contributed by atoms with Crippen molar-refractivity contribution in [3.05, 3.63) is 16.6 Å². The Kier molecular flexibility index (Phi) is 2.39. The van der Waals surface area contributed by atoms with Crippen LogP contribution >= 0.6 is 11.3 Å². The van der Waals surface area contributed by atoms with Crippen molar-refractivity contribution in [1.82, 2.24) is 4.98 Å². The topological polar surface area (TPSA) is 38.9 Å². The molecule has 1 fully saturated rings. The molecule has 0 spiro atoms. The van der Waals surface area contributed by atoms with Gasteiger partial charge in [0, 0.05) is 23.5 Å². The molecule has 0 bridgehead atoms. The molecule has 1 aromatic heterocycles. The van der Waals surface area contributed by atoms with Gasteiger partial charge in [-0.1, -0.05) is 6.92 Å². The largest absolute Gasteiger partial charge is 0.329 e. The van der Waals surface area contributed by atoms with E-state index in [1.165, 1.54) is 24.3 Å². The van der Waals surface area contributed by atoms with Gasteiger partial charge in [0.15, 0.2) is 0 Å². The van der Waals surface area contributed by atoms with Crippen LogP contribution in [-0.4, -0.2) is 11.5 Å². The van der Waals surface area contributed by atoms with Crippen LogP contribution in [0.2, 0.25) is 0 Å². The van der Waals surface area contributed by atoms with E-state index in [4.69, 9.17) is 5.73 Å². The van der Waals surface area contributed by atoms with Crippen LogP contribution < -0.4 is 5.73 Å². The summed E-state index contributed by atoms with van der Waals surface area (Å²) in [7, 11) is 0. The minimum atomic E-state index is 0.216. The van der Waals surface area contributed by atoms with Crippen molar-refractivity contribution in [3.8, 4) is 0 Å². The van der Waals surface area contributed by atoms with Gasteiger partial charge in [-0.15, -0.1) is 11.3 Å². The van der Waals surface area contributed by atoms with Crippen molar-refractivity contribution in [3.63, 3.8) is 0 Å². The molecule has 1 aromatic rings. The average Bonchev–Trinajstić information content (AvgIpc) is 2.73. The molecule has 0 saturated heterocycles. The molecule has 1 aliphatic rings. The zero-order valence-electron chi connectivity index (χ0n) is 7.99. The van der Waals surface area contributed by atoms with Crippen molar-refractivity contribution >= 4 is 11.3 Å². The van der Waals surface area contributed by atoms with Gasteiger partial charge >= 0.3 is 0 Å². The number of aromatic nitrogens is 1. The highest BCUT2D eigenvalue weighted by Crippen LogP contribution is 2.43. The van der Waals surface area contributed by atoms with Gasteiger partial charge in [0.1, 0.15) is 0 Å². The van der Waals surface area contributed by atoms with Gasteiger partial charge in [0.2, 0.25) is 0 Å². The number of hydrogen-bond donors (Lipinski definition) is 1. The number of nitrogens with two attached hydrogens (primary N) is 1. The van der Waals surface area contributed by atoms with Crippen LogP contribution in [0.15, 0.2) is 11.6 Å². The van der Waals surface area contributed by atoms with Crippen molar-refractivity contribution < 1.29 is 0 Å². The van der Waals surface area contributed by atoms with E-state index in [1.54, 1.807) is 11.3 Å². The van der Waals surface area contributed by atoms with Crippen molar-refractivity contribution in [1.29, 1.82) is 0 Å². The second-order valence-corrected chi connectivity index (χ2v) is 5.06. The van der Waals surface area contributed by atoms with Crippen LogP contribution in [-0.2, 0) is 5.41 Å². The molecule has 2 N–H and O–H groups in total. The van der Waals surface area contributed by atoms with Crippen LogP contribution in [0, 0.1) is 5.92 Å². The van der Waals surface area contributed by atoms with E-state index in [-0.39, 0.29) is 5.41 Å². The minimum Gasteiger partial charge on any atom is -0.329 e. The summed E-state index contributed by atoms with van der Waals surface area (Å²) in [5, 5.41) is 3.30. The third-order valence-electron chi connectivity index (χ3n) is 3.13. The number of nitrogens with zero attached hydrogens (tertiary/aromatic N) is 1. The Labute approximate surface area is 83.2 Å². The molecule has 72 valence electrons. The molecule has 0 aromatic carbocycles. The molecule has 0 radical (unpaired) electrons. The number of hydrogen-bond acceptors (Lipinski definition) is 3. The van der Waals surface area contributed by atoms with Crippen LogP contribution in [0.4, 0.5) is 0 Å². The summed E-state index contributed by atoms with van der Waals surface area (Å²) in [4.78, 5) is 4.41. The summed E-state index contributed by atoms with van der Waals surface area (Å²) in [6, 6.07) is 0.